The van der Waals surface area contributed by atoms with E-state index in [0.717, 1.165) is 5.56 Å². The zero-order valence-electron chi connectivity index (χ0n) is 12.0. The van der Waals surface area contributed by atoms with Gasteiger partial charge in [0.2, 0.25) is 10.0 Å². The summed E-state index contributed by atoms with van der Waals surface area (Å²) in [6, 6.07) is 11.7. The fraction of sp³-hybridized carbons (Fsp3) is 0.133. The molecule has 8 heteroatoms. The third-order valence-electron chi connectivity index (χ3n) is 3.39. The lowest BCUT2D eigenvalue weighted by Gasteiger charge is -2.07. The molecular weight excluding hydrogens is 338 g/mol. The maximum atomic E-state index is 12.3. The molecule has 6 nitrogen and oxygen atoms in total. The van der Waals surface area contributed by atoms with Crippen molar-refractivity contribution < 1.29 is 8.42 Å². The van der Waals surface area contributed by atoms with Gasteiger partial charge in [-0.25, -0.2) is 17.9 Å². The van der Waals surface area contributed by atoms with Crippen molar-refractivity contribution in [3.8, 4) is 0 Å². The fourth-order valence-corrected chi connectivity index (χ4v) is 3.55. The first kappa shape index (κ1) is 15.8. The number of sulfonamides is 1. The van der Waals surface area contributed by atoms with Crippen molar-refractivity contribution in [2.45, 2.75) is 11.3 Å². The van der Waals surface area contributed by atoms with E-state index in [-0.39, 0.29) is 17.1 Å². The van der Waals surface area contributed by atoms with Gasteiger partial charge in [-0.1, -0.05) is 23.7 Å². The molecule has 0 fully saturated rings. The maximum Gasteiger partial charge on any atom is 0.323 e. The van der Waals surface area contributed by atoms with E-state index < -0.39 is 10.0 Å². The Morgan fingerprint density at radius 3 is 2.61 bits per heavy atom. The standard InChI is InChI=1S/C15H14ClN3O3S/c16-11-3-1-2-10(8-11)6-7-17-23(21,22)12-4-5-13-14(9-12)19-15(20)18-13/h1-5,8-9,17H,6-7H2,(H2,18,19,20). The van der Waals surface area contributed by atoms with Crippen LogP contribution in [0.15, 0.2) is 52.2 Å². The number of aromatic amines is 2. The van der Waals surface area contributed by atoms with Gasteiger partial charge < -0.3 is 9.97 Å². The molecular formula is C15H14ClN3O3S. The van der Waals surface area contributed by atoms with E-state index in [9.17, 15) is 13.2 Å². The van der Waals surface area contributed by atoms with Gasteiger partial charge in [0, 0.05) is 11.6 Å². The van der Waals surface area contributed by atoms with Crippen molar-refractivity contribution in [2.75, 3.05) is 6.54 Å². The third-order valence-corrected chi connectivity index (χ3v) is 5.09. The van der Waals surface area contributed by atoms with E-state index in [1.165, 1.54) is 12.1 Å². The monoisotopic (exact) mass is 351 g/mol. The van der Waals surface area contributed by atoms with Crippen molar-refractivity contribution >= 4 is 32.7 Å². The van der Waals surface area contributed by atoms with Gasteiger partial charge in [-0.05, 0) is 42.3 Å². The van der Waals surface area contributed by atoms with Crippen LogP contribution in [0.1, 0.15) is 5.56 Å². The highest BCUT2D eigenvalue weighted by molar-refractivity contribution is 7.89. The summed E-state index contributed by atoms with van der Waals surface area (Å²) in [4.78, 5) is 16.4. The summed E-state index contributed by atoms with van der Waals surface area (Å²) in [6.45, 7) is 0.254. The number of nitrogens with one attached hydrogen (secondary N) is 3. The van der Waals surface area contributed by atoms with Crippen LogP contribution < -0.4 is 10.4 Å². The molecule has 120 valence electrons. The van der Waals surface area contributed by atoms with Gasteiger partial charge in [-0.15, -0.1) is 0 Å². The minimum Gasteiger partial charge on any atom is -0.306 e. The van der Waals surface area contributed by atoms with E-state index >= 15 is 0 Å². The number of hydrogen-bond acceptors (Lipinski definition) is 3. The van der Waals surface area contributed by atoms with Crippen molar-refractivity contribution in [1.29, 1.82) is 0 Å². The van der Waals surface area contributed by atoms with E-state index in [1.54, 1.807) is 18.2 Å². The van der Waals surface area contributed by atoms with Gasteiger partial charge in [0.05, 0.1) is 15.9 Å². The van der Waals surface area contributed by atoms with Gasteiger partial charge in [0.25, 0.3) is 0 Å². The molecule has 0 spiro atoms. The van der Waals surface area contributed by atoms with Gasteiger partial charge in [-0.3, -0.25) is 0 Å². The molecule has 0 radical (unpaired) electrons. The van der Waals surface area contributed by atoms with Crippen LogP contribution in [0.3, 0.4) is 0 Å². The summed E-state index contributed by atoms with van der Waals surface area (Å²) in [7, 11) is -3.64. The Kier molecular flexibility index (Phi) is 4.25. The Hall–Kier alpha value is -2.09. The van der Waals surface area contributed by atoms with Crippen LogP contribution in [-0.4, -0.2) is 24.9 Å². The first-order valence-electron chi connectivity index (χ1n) is 6.90. The van der Waals surface area contributed by atoms with E-state index in [0.29, 0.717) is 22.5 Å². The minimum absolute atomic E-state index is 0.103. The molecule has 3 N–H and O–H groups in total. The summed E-state index contributed by atoms with van der Waals surface area (Å²) in [6.07, 6.45) is 0.531. The van der Waals surface area contributed by atoms with Gasteiger partial charge in [0.1, 0.15) is 0 Å². The normalized spacial score (nSPS) is 11.9. The van der Waals surface area contributed by atoms with Crippen LogP contribution in [0.2, 0.25) is 5.02 Å². The Bertz CT molecular complexity index is 1010. The number of imidazole rings is 1. The molecule has 0 atom stereocenters. The number of fused-ring (bicyclic) bond motifs is 1. The molecule has 2 aromatic carbocycles. The van der Waals surface area contributed by atoms with Crippen LogP contribution in [-0.2, 0) is 16.4 Å². The molecule has 0 aliphatic rings. The molecule has 0 aliphatic carbocycles. The first-order valence-corrected chi connectivity index (χ1v) is 8.76. The molecule has 3 rings (SSSR count). The Balaban J connectivity index is 1.73. The van der Waals surface area contributed by atoms with Crippen molar-refractivity contribution in [3.63, 3.8) is 0 Å². The average Bonchev–Trinajstić information content (AvgIpc) is 2.86. The van der Waals surface area contributed by atoms with Crippen LogP contribution in [0.25, 0.3) is 11.0 Å². The molecule has 23 heavy (non-hydrogen) atoms. The minimum atomic E-state index is -3.64. The summed E-state index contributed by atoms with van der Waals surface area (Å²) in [5, 5.41) is 0.618. The number of benzene rings is 2. The Morgan fingerprint density at radius 1 is 1.04 bits per heavy atom. The van der Waals surface area contributed by atoms with Gasteiger partial charge in [-0.2, -0.15) is 0 Å². The number of rotatable bonds is 5. The Morgan fingerprint density at radius 2 is 1.83 bits per heavy atom. The third kappa shape index (κ3) is 3.64. The number of halogens is 1. The lowest BCUT2D eigenvalue weighted by molar-refractivity contribution is 0.582. The van der Waals surface area contributed by atoms with Crippen molar-refractivity contribution in [1.82, 2.24) is 14.7 Å². The lowest BCUT2D eigenvalue weighted by atomic mass is 10.2. The molecule has 0 saturated carbocycles. The highest BCUT2D eigenvalue weighted by atomic mass is 35.5. The molecule has 0 bridgehead atoms. The molecule has 3 aromatic rings. The molecule has 0 saturated heterocycles. The zero-order chi connectivity index (χ0) is 16.4. The van der Waals surface area contributed by atoms with Crippen LogP contribution >= 0.6 is 11.6 Å². The smallest absolute Gasteiger partial charge is 0.306 e. The van der Waals surface area contributed by atoms with Gasteiger partial charge in [0.15, 0.2) is 0 Å². The highest BCUT2D eigenvalue weighted by Crippen LogP contribution is 2.15. The average molecular weight is 352 g/mol. The van der Waals surface area contributed by atoms with Crippen LogP contribution in [0.5, 0.6) is 0 Å². The van der Waals surface area contributed by atoms with Crippen LogP contribution in [0.4, 0.5) is 0 Å². The van der Waals surface area contributed by atoms with E-state index in [2.05, 4.69) is 14.7 Å². The van der Waals surface area contributed by atoms with Crippen LogP contribution in [0, 0.1) is 0 Å². The topological polar surface area (TPSA) is 94.8 Å². The maximum absolute atomic E-state index is 12.3. The fourth-order valence-electron chi connectivity index (χ4n) is 2.28. The second kappa shape index (κ2) is 6.19. The second-order valence-corrected chi connectivity index (χ2v) is 7.27. The number of hydrogen-bond donors (Lipinski definition) is 3. The predicted molar refractivity (Wildman–Crippen MR) is 89.3 cm³/mol. The predicted octanol–water partition coefficient (Wildman–Crippen LogP) is 2.03. The molecule has 0 amide bonds. The molecule has 1 heterocycles. The summed E-state index contributed by atoms with van der Waals surface area (Å²) in [5.74, 6) is 0. The number of H-pyrrole nitrogens is 2. The number of aromatic nitrogens is 2. The first-order chi connectivity index (χ1) is 10.9. The largest absolute Gasteiger partial charge is 0.323 e. The summed E-state index contributed by atoms with van der Waals surface area (Å²) in [5.41, 5.74) is 1.59. The van der Waals surface area contributed by atoms with E-state index in [4.69, 9.17) is 11.6 Å². The zero-order valence-corrected chi connectivity index (χ0v) is 13.5. The lowest BCUT2D eigenvalue weighted by Crippen LogP contribution is -2.26. The summed E-state index contributed by atoms with van der Waals surface area (Å²) < 4.78 is 27.1. The highest BCUT2D eigenvalue weighted by Gasteiger charge is 2.14. The molecule has 0 unspecified atom stereocenters. The SMILES string of the molecule is O=c1[nH]c2ccc(S(=O)(=O)NCCc3cccc(Cl)c3)cc2[nH]1. The van der Waals surface area contributed by atoms with Crippen molar-refractivity contribution in [3.05, 3.63) is 63.5 Å². The van der Waals surface area contributed by atoms with Gasteiger partial charge >= 0.3 is 5.69 Å². The quantitative estimate of drug-likeness (QED) is 0.656. The molecule has 0 aliphatic heterocycles. The summed E-state index contributed by atoms with van der Waals surface area (Å²) >= 11 is 5.90. The van der Waals surface area contributed by atoms with E-state index in [1.807, 2.05) is 12.1 Å². The van der Waals surface area contributed by atoms with Crippen molar-refractivity contribution in [2.24, 2.45) is 0 Å². The molecule has 1 aromatic heterocycles. The second-order valence-electron chi connectivity index (χ2n) is 5.06. The Labute approximate surface area is 137 Å².